The maximum absolute atomic E-state index is 13.2. The minimum absolute atomic E-state index is 0.272. The fourth-order valence-corrected chi connectivity index (χ4v) is 3.67. The zero-order chi connectivity index (χ0) is 23.0. The molecule has 1 aromatic rings. The first kappa shape index (κ1) is 24.3. The number of hydrogen-bond donors (Lipinski definition) is 1. The van der Waals surface area contributed by atoms with Crippen LogP contribution in [0.25, 0.3) is 0 Å². The molecule has 1 aliphatic rings. The van der Waals surface area contributed by atoms with Gasteiger partial charge in [-0.3, -0.25) is 0 Å². The molecule has 1 N–H and O–H groups in total. The minimum Gasteiger partial charge on any atom is -0.457 e. The summed E-state index contributed by atoms with van der Waals surface area (Å²) in [7, 11) is 0. The molecule has 0 saturated carbocycles. The van der Waals surface area contributed by atoms with Gasteiger partial charge in [-0.05, 0) is 67.0 Å². The van der Waals surface area contributed by atoms with Gasteiger partial charge in [0.1, 0.15) is 11.2 Å². The van der Waals surface area contributed by atoms with Crippen molar-refractivity contribution in [2.75, 3.05) is 0 Å². The number of dihydropyridines is 1. The van der Waals surface area contributed by atoms with Gasteiger partial charge in [-0.25, -0.2) is 9.59 Å². The normalized spacial score (nSPS) is 15.8. The Bertz CT molecular complexity index is 884. The molecule has 30 heavy (non-hydrogen) atoms. The number of esters is 2. The van der Waals surface area contributed by atoms with Crippen LogP contribution in [0, 0.1) is 0 Å². The topological polar surface area (TPSA) is 64.6 Å². The van der Waals surface area contributed by atoms with Crippen molar-refractivity contribution >= 4 is 35.1 Å². The summed E-state index contributed by atoms with van der Waals surface area (Å²) in [5, 5.41) is 3.73. The molecule has 2 rings (SSSR count). The molecule has 0 spiro atoms. The number of benzene rings is 1. The molecule has 0 atom stereocenters. The molecule has 0 aromatic heterocycles. The van der Waals surface area contributed by atoms with Crippen LogP contribution in [0.5, 0.6) is 0 Å². The second-order valence-electron chi connectivity index (χ2n) is 9.28. The maximum Gasteiger partial charge on any atom is 0.337 e. The number of halogens is 2. The van der Waals surface area contributed by atoms with Crippen LogP contribution in [0.15, 0.2) is 40.7 Å². The summed E-state index contributed by atoms with van der Waals surface area (Å²) in [4.78, 5) is 26.4. The van der Waals surface area contributed by atoms with Crippen molar-refractivity contribution in [3.05, 3.63) is 56.3 Å². The summed E-state index contributed by atoms with van der Waals surface area (Å²) in [6.07, 6.45) is 0. The number of rotatable bonds is 3. The molecule has 0 aliphatic carbocycles. The van der Waals surface area contributed by atoms with Gasteiger partial charge in [-0.1, -0.05) is 35.3 Å². The Morgan fingerprint density at radius 3 is 1.70 bits per heavy atom. The highest BCUT2D eigenvalue weighted by atomic mass is 35.5. The molecular weight excluding hydrogens is 425 g/mol. The third-order valence-corrected chi connectivity index (χ3v) is 5.12. The van der Waals surface area contributed by atoms with E-state index in [1.165, 1.54) is 0 Å². The van der Waals surface area contributed by atoms with Crippen LogP contribution in [0.4, 0.5) is 0 Å². The van der Waals surface area contributed by atoms with E-state index >= 15 is 0 Å². The first-order valence-corrected chi connectivity index (χ1v) is 10.5. The van der Waals surface area contributed by atoms with Crippen LogP contribution >= 0.6 is 23.2 Å². The molecule has 1 heterocycles. The lowest BCUT2D eigenvalue weighted by atomic mass is 9.80. The Balaban J connectivity index is 2.72. The van der Waals surface area contributed by atoms with E-state index in [-0.39, 0.29) is 5.02 Å². The summed E-state index contributed by atoms with van der Waals surface area (Å²) < 4.78 is 11.3. The zero-order valence-corrected chi connectivity index (χ0v) is 20.2. The predicted octanol–water partition coefficient (Wildman–Crippen LogP) is 5.91. The van der Waals surface area contributed by atoms with E-state index < -0.39 is 29.1 Å². The Morgan fingerprint density at radius 2 is 1.30 bits per heavy atom. The smallest absolute Gasteiger partial charge is 0.337 e. The molecule has 0 fully saturated rings. The van der Waals surface area contributed by atoms with Crippen molar-refractivity contribution in [2.24, 2.45) is 0 Å². The average Bonchev–Trinajstić information content (AvgIpc) is 2.53. The van der Waals surface area contributed by atoms with Crippen molar-refractivity contribution in [1.82, 2.24) is 5.32 Å². The Kier molecular flexibility index (Phi) is 6.99. The van der Waals surface area contributed by atoms with Crippen molar-refractivity contribution in [2.45, 2.75) is 72.5 Å². The van der Waals surface area contributed by atoms with E-state index in [2.05, 4.69) is 5.32 Å². The largest absolute Gasteiger partial charge is 0.457 e. The highest BCUT2D eigenvalue weighted by molar-refractivity contribution is 6.42. The van der Waals surface area contributed by atoms with Gasteiger partial charge in [0.15, 0.2) is 0 Å². The molecule has 0 saturated heterocycles. The number of carbonyl (C=O) groups is 2. The molecular formula is C23H29Cl2NO4. The molecule has 1 aliphatic heterocycles. The van der Waals surface area contributed by atoms with E-state index in [1.54, 1.807) is 73.6 Å². The number of hydrogen-bond acceptors (Lipinski definition) is 5. The number of carbonyl (C=O) groups excluding carboxylic acids is 2. The Labute approximate surface area is 188 Å². The van der Waals surface area contributed by atoms with Gasteiger partial charge in [0.05, 0.1) is 27.1 Å². The van der Waals surface area contributed by atoms with E-state index in [9.17, 15) is 9.59 Å². The van der Waals surface area contributed by atoms with Crippen LogP contribution in [-0.2, 0) is 19.1 Å². The van der Waals surface area contributed by atoms with Gasteiger partial charge in [0.25, 0.3) is 0 Å². The fourth-order valence-electron chi connectivity index (χ4n) is 3.26. The first-order valence-electron chi connectivity index (χ1n) is 9.71. The average molecular weight is 454 g/mol. The van der Waals surface area contributed by atoms with E-state index in [4.69, 9.17) is 32.7 Å². The molecule has 0 amide bonds. The van der Waals surface area contributed by atoms with E-state index in [0.717, 1.165) is 0 Å². The summed E-state index contributed by atoms with van der Waals surface area (Å²) >= 11 is 12.8. The first-order chi connectivity index (χ1) is 13.6. The molecule has 164 valence electrons. The molecule has 0 bridgehead atoms. The summed E-state index contributed by atoms with van der Waals surface area (Å²) in [5.74, 6) is -1.87. The van der Waals surface area contributed by atoms with Crippen LogP contribution in [-0.4, -0.2) is 23.1 Å². The van der Waals surface area contributed by atoms with Gasteiger partial charge in [0.2, 0.25) is 0 Å². The molecule has 7 heteroatoms. The minimum atomic E-state index is -0.790. The lowest BCUT2D eigenvalue weighted by molar-refractivity contribution is -0.150. The van der Waals surface area contributed by atoms with Gasteiger partial charge in [-0.2, -0.15) is 0 Å². The third-order valence-electron chi connectivity index (χ3n) is 4.29. The van der Waals surface area contributed by atoms with Crippen molar-refractivity contribution < 1.29 is 19.1 Å². The van der Waals surface area contributed by atoms with Crippen molar-refractivity contribution in [3.63, 3.8) is 0 Å². The quantitative estimate of drug-likeness (QED) is 0.575. The second-order valence-corrected chi connectivity index (χ2v) is 10.1. The van der Waals surface area contributed by atoms with E-state index in [0.29, 0.717) is 33.1 Å². The van der Waals surface area contributed by atoms with E-state index in [1.807, 2.05) is 0 Å². The van der Waals surface area contributed by atoms with Crippen LogP contribution in [0.3, 0.4) is 0 Å². The standard InChI is InChI=1S/C23H29Cl2NO4/c1-12-16(20(27)29-22(3,4)5)18(14-10-9-11-15(24)19(14)25)17(13(2)26-12)21(28)30-23(6,7)8/h9-11,18,26H,1-8H3. The summed E-state index contributed by atoms with van der Waals surface area (Å²) in [6, 6.07) is 5.14. The van der Waals surface area contributed by atoms with Gasteiger partial charge in [-0.15, -0.1) is 0 Å². The second kappa shape index (κ2) is 8.64. The molecule has 5 nitrogen and oxygen atoms in total. The highest BCUT2D eigenvalue weighted by Gasteiger charge is 2.41. The van der Waals surface area contributed by atoms with Gasteiger partial charge < -0.3 is 14.8 Å². The lowest BCUT2D eigenvalue weighted by Gasteiger charge is -2.33. The summed E-state index contributed by atoms with van der Waals surface area (Å²) in [5.41, 5.74) is 0.849. The fraction of sp³-hybridized carbons (Fsp3) is 0.478. The monoisotopic (exact) mass is 453 g/mol. The predicted molar refractivity (Wildman–Crippen MR) is 119 cm³/mol. The number of allylic oxidation sites excluding steroid dienone is 2. The Hall–Kier alpha value is -1.98. The van der Waals surface area contributed by atoms with Crippen LogP contribution in [0.2, 0.25) is 10.0 Å². The molecule has 0 radical (unpaired) electrons. The van der Waals surface area contributed by atoms with Crippen LogP contribution in [0.1, 0.15) is 66.9 Å². The number of ether oxygens (including phenoxy) is 2. The zero-order valence-electron chi connectivity index (χ0n) is 18.7. The van der Waals surface area contributed by atoms with Crippen LogP contribution < -0.4 is 5.32 Å². The van der Waals surface area contributed by atoms with Gasteiger partial charge in [0, 0.05) is 11.4 Å². The Morgan fingerprint density at radius 1 is 0.867 bits per heavy atom. The van der Waals surface area contributed by atoms with Crippen molar-refractivity contribution in [3.8, 4) is 0 Å². The third kappa shape index (κ3) is 5.58. The molecule has 1 aromatic carbocycles. The highest BCUT2D eigenvalue weighted by Crippen LogP contribution is 2.44. The SMILES string of the molecule is CC1=C(C(=O)OC(C)(C)C)C(c2cccc(Cl)c2Cl)C(C(=O)OC(C)(C)C)=C(C)N1. The van der Waals surface area contributed by atoms with Crippen molar-refractivity contribution in [1.29, 1.82) is 0 Å². The summed E-state index contributed by atoms with van der Waals surface area (Å²) in [6.45, 7) is 14.2. The van der Waals surface area contributed by atoms with Gasteiger partial charge >= 0.3 is 11.9 Å². The molecule has 0 unspecified atom stereocenters. The lowest BCUT2D eigenvalue weighted by Crippen LogP contribution is -2.36. The number of nitrogens with one attached hydrogen (secondary N) is 1. The maximum atomic E-state index is 13.2.